The Kier molecular flexibility index (Phi) is 5.47. The lowest BCUT2D eigenvalue weighted by Crippen LogP contribution is -2.29. The highest BCUT2D eigenvalue weighted by Gasteiger charge is 2.08. The summed E-state index contributed by atoms with van der Waals surface area (Å²) in [7, 11) is 0. The summed E-state index contributed by atoms with van der Waals surface area (Å²) in [6.07, 6.45) is 4.61. The summed E-state index contributed by atoms with van der Waals surface area (Å²) >= 11 is 0. The molecular formula is C19H16N6O. The van der Waals surface area contributed by atoms with Crippen molar-refractivity contribution in [2.45, 2.75) is 0 Å². The molecule has 1 amide bonds. The summed E-state index contributed by atoms with van der Waals surface area (Å²) < 4.78 is 0. The van der Waals surface area contributed by atoms with Crippen LogP contribution in [0.5, 0.6) is 0 Å². The number of nitrogens with one attached hydrogen (secondary N) is 2. The molecule has 3 rings (SSSR count). The van der Waals surface area contributed by atoms with Crippen molar-refractivity contribution >= 4 is 11.7 Å². The molecule has 0 saturated heterocycles. The number of hydrogen-bond acceptors (Lipinski definition) is 6. The summed E-state index contributed by atoms with van der Waals surface area (Å²) in [6.45, 7) is 0.821. The van der Waals surface area contributed by atoms with Crippen molar-refractivity contribution in [2.24, 2.45) is 0 Å². The lowest BCUT2D eigenvalue weighted by molar-refractivity contribution is 0.0954. The lowest BCUT2D eigenvalue weighted by atomic mass is 10.2. The van der Waals surface area contributed by atoms with Crippen LogP contribution in [0.1, 0.15) is 15.9 Å². The van der Waals surface area contributed by atoms with Crippen molar-refractivity contribution in [3.05, 3.63) is 72.2 Å². The van der Waals surface area contributed by atoms with Gasteiger partial charge in [-0.1, -0.05) is 30.3 Å². The minimum Gasteiger partial charge on any atom is -0.367 e. The molecule has 0 aliphatic carbocycles. The van der Waals surface area contributed by atoms with Gasteiger partial charge < -0.3 is 10.6 Å². The molecule has 0 bridgehead atoms. The Morgan fingerprint density at radius 2 is 1.77 bits per heavy atom. The number of carbonyl (C=O) groups excluding carboxylic acids is 1. The second kappa shape index (κ2) is 8.35. The topological polar surface area (TPSA) is 104 Å². The molecule has 2 aromatic heterocycles. The Labute approximate surface area is 150 Å². The van der Waals surface area contributed by atoms with E-state index in [9.17, 15) is 4.79 Å². The van der Waals surface area contributed by atoms with Crippen molar-refractivity contribution in [3.63, 3.8) is 0 Å². The van der Waals surface area contributed by atoms with Gasteiger partial charge in [0.15, 0.2) is 5.82 Å². The second-order valence-electron chi connectivity index (χ2n) is 5.36. The fourth-order valence-electron chi connectivity index (χ4n) is 2.28. The maximum absolute atomic E-state index is 12.1. The fraction of sp³-hybridized carbons (Fsp3) is 0.105. The van der Waals surface area contributed by atoms with E-state index in [-0.39, 0.29) is 5.91 Å². The van der Waals surface area contributed by atoms with Crippen LogP contribution in [-0.2, 0) is 0 Å². The zero-order valence-corrected chi connectivity index (χ0v) is 13.9. The third-order valence-electron chi connectivity index (χ3n) is 3.58. The van der Waals surface area contributed by atoms with E-state index in [1.807, 2.05) is 30.3 Å². The Hall–Kier alpha value is -3.79. The van der Waals surface area contributed by atoms with Gasteiger partial charge in [0, 0.05) is 37.2 Å². The van der Waals surface area contributed by atoms with Crippen LogP contribution in [0.25, 0.3) is 11.4 Å². The van der Waals surface area contributed by atoms with Crippen LogP contribution in [0.15, 0.2) is 61.1 Å². The first-order valence-electron chi connectivity index (χ1n) is 8.02. The third kappa shape index (κ3) is 4.19. The third-order valence-corrected chi connectivity index (χ3v) is 3.58. The van der Waals surface area contributed by atoms with Crippen molar-refractivity contribution in [1.82, 2.24) is 20.3 Å². The molecule has 3 aromatic rings. The number of nitrogens with zero attached hydrogens (tertiary/aromatic N) is 4. The van der Waals surface area contributed by atoms with Gasteiger partial charge in [0.05, 0.1) is 11.1 Å². The zero-order valence-electron chi connectivity index (χ0n) is 13.9. The molecule has 0 fully saturated rings. The maximum atomic E-state index is 12.1. The van der Waals surface area contributed by atoms with E-state index in [1.165, 1.54) is 12.4 Å². The van der Waals surface area contributed by atoms with Crippen molar-refractivity contribution < 1.29 is 4.79 Å². The Morgan fingerprint density at radius 3 is 2.50 bits per heavy atom. The molecule has 0 unspecified atom stereocenters. The van der Waals surface area contributed by atoms with Gasteiger partial charge in [-0.2, -0.15) is 5.26 Å². The van der Waals surface area contributed by atoms with Crippen LogP contribution >= 0.6 is 0 Å². The largest absolute Gasteiger partial charge is 0.367 e. The molecule has 0 radical (unpaired) electrons. The van der Waals surface area contributed by atoms with Crippen molar-refractivity contribution in [1.29, 1.82) is 5.26 Å². The van der Waals surface area contributed by atoms with Crippen LogP contribution < -0.4 is 10.6 Å². The highest BCUT2D eigenvalue weighted by Crippen LogP contribution is 2.13. The first-order chi connectivity index (χ1) is 12.8. The van der Waals surface area contributed by atoms with E-state index in [0.29, 0.717) is 35.9 Å². The van der Waals surface area contributed by atoms with Gasteiger partial charge >= 0.3 is 0 Å². The molecule has 7 heteroatoms. The smallest absolute Gasteiger partial charge is 0.254 e. The van der Waals surface area contributed by atoms with E-state index in [4.69, 9.17) is 5.26 Å². The molecule has 2 heterocycles. The van der Waals surface area contributed by atoms with Crippen molar-refractivity contribution in [3.8, 4) is 17.5 Å². The quantitative estimate of drug-likeness (QED) is 0.665. The first-order valence-corrected chi connectivity index (χ1v) is 8.02. The van der Waals surface area contributed by atoms with E-state index >= 15 is 0 Å². The number of hydrogen-bond donors (Lipinski definition) is 2. The normalized spacial score (nSPS) is 9.96. The van der Waals surface area contributed by atoms with Crippen LogP contribution in [0.3, 0.4) is 0 Å². The number of aromatic nitrogens is 3. The standard InChI is InChI=1S/C19H16N6O/c20-11-15-7-4-8-21-18(15)22-9-10-23-19(26)16-12-24-17(25-13-16)14-5-2-1-3-6-14/h1-8,12-13H,9-10H2,(H,21,22)(H,23,26). The molecule has 2 N–H and O–H groups in total. The highest BCUT2D eigenvalue weighted by molar-refractivity contribution is 5.93. The number of amides is 1. The van der Waals surface area contributed by atoms with E-state index in [1.54, 1.807) is 18.3 Å². The number of rotatable bonds is 6. The molecular weight excluding hydrogens is 328 g/mol. The molecule has 0 spiro atoms. The van der Waals surface area contributed by atoms with Crippen LogP contribution in [0.4, 0.5) is 5.82 Å². The number of carbonyl (C=O) groups is 1. The number of nitriles is 1. The van der Waals surface area contributed by atoms with Gasteiger partial charge in [-0.25, -0.2) is 15.0 Å². The number of anilines is 1. The SMILES string of the molecule is N#Cc1cccnc1NCCNC(=O)c1cnc(-c2ccccc2)nc1. The molecule has 128 valence electrons. The Balaban J connectivity index is 1.52. The highest BCUT2D eigenvalue weighted by atomic mass is 16.1. The maximum Gasteiger partial charge on any atom is 0.254 e. The van der Waals surface area contributed by atoms with Crippen LogP contribution in [0.2, 0.25) is 0 Å². The second-order valence-corrected chi connectivity index (χ2v) is 5.36. The van der Waals surface area contributed by atoms with Gasteiger partial charge in [0.1, 0.15) is 11.9 Å². The van der Waals surface area contributed by atoms with Crippen molar-refractivity contribution in [2.75, 3.05) is 18.4 Å². The Morgan fingerprint density at radius 1 is 1.00 bits per heavy atom. The average Bonchev–Trinajstić information content (AvgIpc) is 2.72. The summed E-state index contributed by atoms with van der Waals surface area (Å²) in [5, 5.41) is 14.8. The van der Waals surface area contributed by atoms with Crippen LogP contribution in [0, 0.1) is 11.3 Å². The molecule has 0 aliphatic rings. The molecule has 1 aromatic carbocycles. The average molecular weight is 344 g/mol. The van der Waals surface area contributed by atoms with Gasteiger partial charge in [-0.15, -0.1) is 0 Å². The molecule has 0 atom stereocenters. The summed E-state index contributed by atoms with van der Waals surface area (Å²) in [5.41, 5.74) is 1.75. The first kappa shape index (κ1) is 17.0. The van der Waals surface area contributed by atoms with Crippen LogP contribution in [-0.4, -0.2) is 33.9 Å². The predicted molar refractivity (Wildman–Crippen MR) is 97.2 cm³/mol. The van der Waals surface area contributed by atoms with Gasteiger partial charge in [0.25, 0.3) is 5.91 Å². The minimum absolute atomic E-state index is 0.257. The zero-order chi connectivity index (χ0) is 18.2. The Bertz CT molecular complexity index is 919. The molecule has 0 aliphatic heterocycles. The van der Waals surface area contributed by atoms with Gasteiger partial charge in [-0.3, -0.25) is 4.79 Å². The van der Waals surface area contributed by atoms with Gasteiger partial charge in [0.2, 0.25) is 0 Å². The summed E-state index contributed by atoms with van der Waals surface area (Å²) in [4.78, 5) is 24.7. The fourth-order valence-corrected chi connectivity index (χ4v) is 2.28. The summed E-state index contributed by atoms with van der Waals surface area (Å²) in [6, 6.07) is 15.0. The predicted octanol–water partition coefficient (Wildman–Crippen LogP) is 2.25. The lowest BCUT2D eigenvalue weighted by Gasteiger charge is -2.08. The minimum atomic E-state index is -0.257. The number of benzene rings is 1. The summed E-state index contributed by atoms with van der Waals surface area (Å²) in [5.74, 6) is 0.815. The monoisotopic (exact) mass is 344 g/mol. The van der Waals surface area contributed by atoms with E-state index in [2.05, 4.69) is 31.7 Å². The number of pyridine rings is 1. The molecule has 0 saturated carbocycles. The van der Waals surface area contributed by atoms with E-state index < -0.39 is 0 Å². The van der Waals surface area contributed by atoms with Gasteiger partial charge in [-0.05, 0) is 12.1 Å². The van der Waals surface area contributed by atoms with E-state index in [0.717, 1.165) is 5.56 Å². The molecule has 7 nitrogen and oxygen atoms in total. The molecule has 26 heavy (non-hydrogen) atoms.